The summed E-state index contributed by atoms with van der Waals surface area (Å²) in [6.07, 6.45) is 2.78. The normalized spacial score (nSPS) is 12.9. The molecular weight excluding hydrogens is 276 g/mol. The van der Waals surface area contributed by atoms with Crippen LogP contribution in [-0.2, 0) is 9.84 Å². The average Bonchev–Trinajstić information content (AvgIpc) is 2.38. The maximum Gasteiger partial charge on any atom is 0.223 e. The van der Waals surface area contributed by atoms with Gasteiger partial charge in [-0.25, -0.2) is 13.4 Å². The van der Waals surface area contributed by atoms with E-state index in [1.54, 1.807) is 24.4 Å². The van der Waals surface area contributed by atoms with Gasteiger partial charge >= 0.3 is 0 Å². The Morgan fingerprint density at radius 1 is 1.20 bits per heavy atom. The van der Waals surface area contributed by atoms with Crippen LogP contribution in [0.3, 0.4) is 0 Å². The lowest BCUT2D eigenvalue weighted by molar-refractivity contribution is 0.451. The standard InChI is InChI=1S/C14H16N2O3S/c1-10(15)13-4-3-9-16-14(13)19-11-5-7-12(8-6-11)20(2,17)18/h3-10H,15H2,1-2H3/t10-/m1/s1. The van der Waals surface area contributed by atoms with E-state index in [1.807, 2.05) is 13.0 Å². The van der Waals surface area contributed by atoms with Crippen LogP contribution < -0.4 is 10.5 Å². The number of sulfone groups is 1. The highest BCUT2D eigenvalue weighted by Gasteiger charge is 2.11. The van der Waals surface area contributed by atoms with Crippen molar-refractivity contribution in [2.75, 3.05) is 6.26 Å². The molecule has 0 spiro atoms. The van der Waals surface area contributed by atoms with Gasteiger partial charge in [0.05, 0.1) is 4.90 Å². The Hall–Kier alpha value is -1.92. The van der Waals surface area contributed by atoms with E-state index in [4.69, 9.17) is 10.5 Å². The van der Waals surface area contributed by atoms with Gasteiger partial charge in [0.25, 0.3) is 0 Å². The molecule has 1 aromatic heterocycles. The molecule has 0 aliphatic rings. The number of pyridine rings is 1. The first kappa shape index (κ1) is 14.5. The third-order valence-electron chi connectivity index (χ3n) is 2.76. The van der Waals surface area contributed by atoms with Crippen LogP contribution in [0, 0.1) is 0 Å². The van der Waals surface area contributed by atoms with Crippen LogP contribution in [0.25, 0.3) is 0 Å². The van der Waals surface area contributed by atoms with Crippen molar-refractivity contribution in [2.45, 2.75) is 17.9 Å². The minimum absolute atomic E-state index is 0.200. The van der Waals surface area contributed by atoms with Crippen molar-refractivity contribution < 1.29 is 13.2 Å². The molecule has 6 heteroatoms. The molecular formula is C14H16N2O3S. The summed E-state index contributed by atoms with van der Waals surface area (Å²) >= 11 is 0. The third kappa shape index (κ3) is 3.34. The summed E-state index contributed by atoms with van der Waals surface area (Å²) in [4.78, 5) is 4.39. The second-order valence-electron chi connectivity index (χ2n) is 4.53. The number of nitrogens with two attached hydrogens (primary N) is 1. The highest BCUT2D eigenvalue weighted by Crippen LogP contribution is 2.26. The zero-order valence-electron chi connectivity index (χ0n) is 11.3. The zero-order chi connectivity index (χ0) is 14.8. The summed E-state index contributed by atoms with van der Waals surface area (Å²) in [5, 5.41) is 0. The predicted molar refractivity (Wildman–Crippen MR) is 76.5 cm³/mol. The van der Waals surface area contributed by atoms with E-state index < -0.39 is 9.84 Å². The van der Waals surface area contributed by atoms with Crippen molar-refractivity contribution in [1.82, 2.24) is 4.98 Å². The molecule has 1 aromatic carbocycles. The van der Waals surface area contributed by atoms with E-state index >= 15 is 0 Å². The van der Waals surface area contributed by atoms with E-state index in [0.29, 0.717) is 11.6 Å². The Labute approximate surface area is 118 Å². The Kier molecular flexibility index (Phi) is 4.06. The molecule has 2 rings (SSSR count). The lowest BCUT2D eigenvalue weighted by Gasteiger charge is -2.12. The molecule has 0 fully saturated rings. The number of ether oxygens (including phenoxy) is 1. The number of nitrogens with zero attached hydrogens (tertiary/aromatic N) is 1. The molecule has 5 nitrogen and oxygen atoms in total. The van der Waals surface area contributed by atoms with Crippen molar-refractivity contribution in [3.8, 4) is 11.6 Å². The maximum absolute atomic E-state index is 11.4. The van der Waals surface area contributed by atoms with Crippen molar-refractivity contribution in [2.24, 2.45) is 5.73 Å². The fourth-order valence-corrected chi connectivity index (χ4v) is 2.33. The number of benzene rings is 1. The Morgan fingerprint density at radius 2 is 1.85 bits per heavy atom. The van der Waals surface area contributed by atoms with Gasteiger partial charge in [0.2, 0.25) is 5.88 Å². The third-order valence-corrected chi connectivity index (χ3v) is 3.89. The Balaban J connectivity index is 2.27. The molecule has 0 saturated heterocycles. The van der Waals surface area contributed by atoms with Crippen LogP contribution in [0.2, 0.25) is 0 Å². The Bertz CT molecular complexity index is 695. The number of hydrogen-bond donors (Lipinski definition) is 1. The number of hydrogen-bond acceptors (Lipinski definition) is 5. The lowest BCUT2D eigenvalue weighted by atomic mass is 10.1. The van der Waals surface area contributed by atoms with Crippen LogP contribution in [0.1, 0.15) is 18.5 Å². The van der Waals surface area contributed by atoms with E-state index in [-0.39, 0.29) is 10.9 Å². The minimum Gasteiger partial charge on any atom is -0.439 e. The number of rotatable bonds is 4. The second kappa shape index (κ2) is 5.60. The molecule has 2 N–H and O–H groups in total. The van der Waals surface area contributed by atoms with Gasteiger partial charge < -0.3 is 10.5 Å². The van der Waals surface area contributed by atoms with Crippen LogP contribution in [0.4, 0.5) is 0 Å². The van der Waals surface area contributed by atoms with Gasteiger partial charge in [0.15, 0.2) is 9.84 Å². The fraction of sp³-hybridized carbons (Fsp3) is 0.214. The van der Waals surface area contributed by atoms with Crippen molar-refractivity contribution in [1.29, 1.82) is 0 Å². The molecule has 0 unspecified atom stereocenters. The molecule has 0 aliphatic heterocycles. The minimum atomic E-state index is -3.21. The molecule has 106 valence electrons. The molecule has 0 aliphatic carbocycles. The van der Waals surface area contributed by atoms with Gasteiger partial charge in [0.1, 0.15) is 5.75 Å². The first-order valence-corrected chi connectivity index (χ1v) is 7.95. The van der Waals surface area contributed by atoms with Gasteiger partial charge in [-0.3, -0.25) is 0 Å². The van der Waals surface area contributed by atoms with Crippen molar-refractivity contribution in [3.63, 3.8) is 0 Å². The summed E-state index contributed by atoms with van der Waals surface area (Å²) < 4.78 is 28.4. The van der Waals surface area contributed by atoms with Gasteiger partial charge in [-0.15, -0.1) is 0 Å². The van der Waals surface area contributed by atoms with Crippen molar-refractivity contribution in [3.05, 3.63) is 48.2 Å². The Morgan fingerprint density at radius 3 is 2.40 bits per heavy atom. The molecule has 1 atom stereocenters. The van der Waals surface area contributed by atoms with Crippen LogP contribution in [0.5, 0.6) is 11.6 Å². The molecule has 0 saturated carbocycles. The van der Waals surface area contributed by atoms with Crippen molar-refractivity contribution >= 4 is 9.84 Å². The van der Waals surface area contributed by atoms with E-state index in [0.717, 1.165) is 11.8 Å². The first-order chi connectivity index (χ1) is 9.38. The summed E-state index contributed by atoms with van der Waals surface area (Å²) in [7, 11) is -3.21. The molecule has 2 aromatic rings. The molecule has 20 heavy (non-hydrogen) atoms. The monoisotopic (exact) mass is 292 g/mol. The van der Waals surface area contributed by atoms with Gasteiger partial charge in [0, 0.05) is 24.1 Å². The molecule has 1 heterocycles. The topological polar surface area (TPSA) is 82.3 Å². The maximum atomic E-state index is 11.4. The zero-order valence-corrected chi connectivity index (χ0v) is 12.1. The molecule has 0 amide bonds. The van der Waals surface area contributed by atoms with Crippen LogP contribution >= 0.6 is 0 Å². The number of aromatic nitrogens is 1. The summed E-state index contributed by atoms with van der Waals surface area (Å²) in [5.74, 6) is 0.938. The molecule has 0 radical (unpaired) electrons. The SMILES string of the molecule is C[C@@H](N)c1cccnc1Oc1ccc(S(C)(=O)=O)cc1. The van der Waals surface area contributed by atoms with Crippen LogP contribution in [0.15, 0.2) is 47.5 Å². The van der Waals surface area contributed by atoms with Gasteiger partial charge in [-0.1, -0.05) is 6.07 Å². The second-order valence-corrected chi connectivity index (χ2v) is 6.55. The summed E-state index contributed by atoms with van der Waals surface area (Å²) in [6, 6.07) is 9.62. The van der Waals surface area contributed by atoms with Gasteiger partial charge in [-0.05, 0) is 37.3 Å². The quantitative estimate of drug-likeness (QED) is 0.935. The molecule has 0 bridgehead atoms. The van der Waals surface area contributed by atoms with E-state index in [2.05, 4.69) is 4.98 Å². The van der Waals surface area contributed by atoms with E-state index in [1.165, 1.54) is 12.1 Å². The van der Waals surface area contributed by atoms with Gasteiger partial charge in [-0.2, -0.15) is 0 Å². The highest BCUT2D eigenvalue weighted by molar-refractivity contribution is 7.90. The van der Waals surface area contributed by atoms with Crippen LogP contribution in [-0.4, -0.2) is 19.7 Å². The summed E-state index contributed by atoms with van der Waals surface area (Å²) in [6.45, 7) is 1.84. The largest absolute Gasteiger partial charge is 0.439 e. The lowest BCUT2D eigenvalue weighted by Crippen LogP contribution is -2.07. The smallest absolute Gasteiger partial charge is 0.223 e. The van der Waals surface area contributed by atoms with E-state index in [9.17, 15) is 8.42 Å². The average molecular weight is 292 g/mol. The predicted octanol–water partition coefficient (Wildman–Crippen LogP) is 2.30. The summed E-state index contributed by atoms with van der Waals surface area (Å²) in [5.41, 5.74) is 6.64. The first-order valence-electron chi connectivity index (χ1n) is 6.06. The fourth-order valence-electron chi connectivity index (χ4n) is 1.70. The highest BCUT2D eigenvalue weighted by atomic mass is 32.2.